The molecule has 7 atom stereocenters. The third kappa shape index (κ3) is 3.48. The molecule has 3 heteroatoms. The molecule has 3 nitrogen and oxygen atoms in total. The van der Waals surface area contributed by atoms with Crippen LogP contribution >= 0.6 is 0 Å². The monoisotopic (exact) mass is 450 g/mol. The number of benzene rings is 1. The van der Waals surface area contributed by atoms with Crippen LogP contribution in [0.4, 0.5) is 0 Å². The van der Waals surface area contributed by atoms with Crippen LogP contribution in [0.1, 0.15) is 90.2 Å². The number of aryl methyl sites for hydroxylation is 1. The minimum Gasteiger partial charge on any atom is -0.365 e. The predicted molar refractivity (Wildman–Crippen MR) is 131 cm³/mol. The van der Waals surface area contributed by atoms with Crippen molar-refractivity contribution in [3.05, 3.63) is 47.0 Å². The van der Waals surface area contributed by atoms with Crippen LogP contribution in [0.15, 0.2) is 35.9 Å². The van der Waals surface area contributed by atoms with E-state index < -0.39 is 5.79 Å². The Kier molecular flexibility index (Phi) is 5.49. The van der Waals surface area contributed by atoms with E-state index >= 15 is 0 Å². The molecule has 4 aliphatic rings. The van der Waals surface area contributed by atoms with Crippen LogP contribution < -0.4 is 0 Å². The molecular formula is C30H42O3. The number of carbonyl (C=O) groups is 1. The van der Waals surface area contributed by atoms with Crippen molar-refractivity contribution in [3.8, 4) is 0 Å². The average molecular weight is 451 g/mol. The van der Waals surface area contributed by atoms with Gasteiger partial charge < -0.3 is 9.84 Å². The number of ether oxygens (including phenoxy) is 1. The van der Waals surface area contributed by atoms with Gasteiger partial charge in [-0.2, -0.15) is 0 Å². The van der Waals surface area contributed by atoms with Crippen LogP contribution in [0.5, 0.6) is 0 Å². The van der Waals surface area contributed by atoms with E-state index in [4.69, 9.17) is 4.74 Å². The molecule has 4 aliphatic carbocycles. The number of allylic oxidation sites excluding steroid dienone is 1. The van der Waals surface area contributed by atoms with Crippen molar-refractivity contribution in [1.29, 1.82) is 0 Å². The van der Waals surface area contributed by atoms with Crippen molar-refractivity contribution in [2.75, 3.05) is 0 Å². The van der Waals surface area contributed by atoms with Gasteiger partial charge in [0.15, 0.2) is 5.79 Å². The lowest BCUT2D eigenvalue weighted by atomic mass is 9.45. The van der Waals surface area contributed by atoms with Gasteiger partial charge in [-0.05, 0) is 86.5 Å². The standard InChI is InChI=1S/C30H42O3/c1-20-6-8-22(9-7-20)19-33-30(32)17-16-27(3)23(18-30)10-11-24-25(27)12-15-29(5)26(24)13-14-28(29,4)21(2)31/h6-10,24-26,32H,11-19H2,1-5H3. The van der Waals surface area contributed by atoms with Gasteiger partial charge in [0.05, 0.1) is 6.61 Å². The molecule has 0 bridgehead atoms. The molecule has 0 spiro atoms. The van der Waals surface area contributed by atoms with Crippen molar-refractivity contribution in [3.63, 3.8) is 0 Å². The second-order valence-corrected chi connectivity index (χ2v) is 12.5. The fourth-order valence-electron chi connectivity index (χ4n) is 8.49. The van der Waals surface area contributed by atoms with E-state index in [2.05, 4.69) is 58.0 Å². The Hall–Kier alpha value is -1.45. The molecule has 1 aromatic carbocycles. The van der Waals surface area contributed by atoms with Crippen LogP contribution in [0.3, 0.4) is 0 Å². The molecule has 0 aliphatic heterocycles. The molecule has 0 aromatic heterocycles. The van der Waals surface area contributed by atoms with Gasteiger partial charge in [0.2, 0.25) is 0 Å². The fourth-order valence-corrected chi connectivity index (χ4v) is 8.49. The van der Waals surface area contributed by atoms with Crippen LogP contribution in [0, 0.1) is 40.9 Å². The van der Waals surface area contributed by atoms with Crippen LogP contribution in [-0.2, 0) is 16.1 Å². The molecule has 180 valence electrons. The van der Waals surface area contributed by atoms with E-state index in [0.717, 1.165) is 31.2 Å². The summed E-state index contributed by atoms with van der Waals surface area (Å²) in [5, 5.41) is 11.4. The first-order valence-electron chi connectivity index (χ1n) is 13.1. The summed E-state index contributed by atoms with van der Waals surface area (Å²) in [5.41, 5.74) is 3.89. The van der Waals surface area contributed by atoms with Crippen molar-refractivity contribution in [1.82, 2.24) is 0 Å². The Bertz CT molecular complexity index is 963. The maximum Gasteiger partial charge on any atom is 0.169 e. The molecule has 0 heterocycles. The van der Waals surface area contributed by atoms with Gasteiger partial charge in [0.25, 0.3) is 0 Å². The summed E-state index contributed by atoms with van der Waals surface area (Å²) in [5.74, 6) is 1.29. The number of carbonyl (C=O) groups excluding carboxylic acids is 1. The maximum atomic E-state index is 12.7. The molecule has 0 saturated heterocycles. The zero-order valence-electron chi connectivity index (χ0n) is 21.2. The van der Waals surface area contributed by atoms with E-state index in [1.54, 1.807) is 0 Å². The average Bonchev–Trinajstić information content (AvgIpc) is 3.06. The van der Waals surface area contributed by atoms with E-state index in [0.29, 0.717) is 43.0 Å². The summed E-state index contributed by atoms with van der Waals surface area (Å²) in [6.45, 7) is 11.5. The summed E-state index contributed by atoms with van der Waals surface area (Å²) in [7, 11) is 0. The lowest BCUT2D eigenvalue weighted by molar-refractivity contribution is -0.231. The van der Waals surface area contributed by atoms with Gasteiger partial charge >= 0.3 is 0 Å². The third-order valence-corrected chi connectivity index (χ3v) is 11.1. The smallest absolute Gasteiger partial charge is 0.169 e. The highest BCUT2D eigenvalue weighted by Gasteiger charge is 2.64. The topological polar surface area (TPSA) is 46.5 Å². The van der Waals surface area contributed by atoms with E-state index in [1.165, 1.54) is 24.0 Å². The number of Topliss-reactive ketones (excluding diaryl/α,β-unsaturated/α-hetero) is 1. The molecule has 0 radical (unpaired) electrons. The van der Waals surface area contributed by atoms with Crippen LogP contribution in [0.25, 0.3) is 0 Å². The fraction of sp³-hybridized carbons (Fsp3) is 0.700. The van der Waals surface area contributed by atoms with Gasteiger partial charge in [-0.1, -0.05) is 62.2 Å². The normalized spacial score (nSPS) is 44.4. The number of fused-ring (bicyclic) bond motifs is 5. The number of aliphatic hydroxyl groups is 1. The van der Waals surface area contributed by atoms with Crippen molar-refractivity contribution in [2.24, 2.45) is 34.0 Å². The van der Waals surface area contributed by atoms with Gasteiger partial charge in [0.1, 0.15) is 5.78 Å². The SMILES string of the molecule is CC(=O)C1(C)CCC2C3CC=C4CC(O)(OCc5ccc(C)cc5)CCC4(C)C3CCC21C. The first-order chi connectivity index (χ1) is 15.5. The van der Waals surface area contributed by atoms with Crippen LogP contribution in [0.2, 0.25) is 0 Å². The number of ketones is 1. The van der Waals surface area contributed by atoms with Gasteiger partial charge in [-0.15, -0.1) is 0 Å². The first-order valence-corrected chi connectivity index (χ1v) is 13.1. The molecule has 3 saturated carbocycles. The highest BCUT2D eigenvalue weighted by molar-refractivity contribution is 5.83. The third-order valence-electron chi connectivity index (χ3n) is 11.1. The Morgan fingerprint density at radius 1 is 1.03 bits per heavy atom. The quantitative estimate of drug-likeness (QED) is 0.407. The molecule has 0 amide bonds. The minimum absolute atomic E-state index is 0.133. The largest absolute Gasteiger partial charge is 0.365 e. The van der Waals surface area contributed by atoms with E-state index in [1.807, 2.05) is 6.92 Å². The van der Waals surface area contributed by atoms with Gasteiger partial charge in [-0.3, -0.25) is 4.79 Å². The van der Waals surface area contributed by atoms with Crippen molar-refractivity contribution >= 4 is 5.78 Å². The van der Waals surface area contributed by atoms with Crippen molar-refractivity contribution < 1.29 is 14.6 Å². The van der Waals surface area contributed by atoms with E-state index in [-0.39, 0.29) is 16.2 Å². The minimum atomic E-state index is -1.06. The maximum absolute atomic E-state index is 12.7. The summed E-state index contributed by atoms with van der Waals surface area (Å²) in [6.07, 6.45) is 10.5. The zero-order chi connectivity index (χ0) is 23.6. The lowest BCUT2D eigenvalue weighted by Crippen LogP contribution is -2.54. The number of rotatable bonds is 4. The second kappa shape index (κ2) is 7.78. The number of hydrogen-bond donors (Lipinski definition) is 1. The lowest BCUT2D eigenvalue weighted by Gasteiger charge is -2.60. The highest BCUT2D eigenvalue weighted by atomic mass is 16.6. The Morgan fingerprint density at radius 2 is 1.73 bits per heavy atom. The molecule has 7 unspecified atom stereocenters. The Morgan fingerprint density at radius 3 is 2.42 bits per heavy atom. The van der Waals surface area contributed by atoms with E-state index in [9.17, 15) is 9.90 Å². The zero-order valence-corrected chi connectivity index (χ0v) is 21.2. The predicted octanol–water partition coefficient (Wildman–Crippen LogP) is 6.76. The first kappa shape index (κ1) is 23.3. The number of hydrogen-bond acceptors (Lipinski definition) is 3. The molecule has 5 rings (SSSR count). The highest BCUT2D eigenvalue weighted by Crippen LogP contribution is 2.70. The molecule has 33 heavy (non-hydrogen) atoms. The molecule has 3 fully saturated rings. The molecule has 1 aromatic rings. The van der Waals surface area contributed by atoms with Gasteiger partial charge in [-0.25, -0.2) is 0 Å². The van der Waals surface area contributed by atoms with Crippen LogP contribution in [-0.4, -0.2) is 16.7 Å². The van der Waals surface area contributed by atoms with Crippen molar-refractivity contribution in [2.45, 2.75) is 98.4 Å². The summed E-state index contributed by atoms with van der Waals surface area (Å²) in [6, 6.07) is 8.37. The summed E-state index contributed by atoms with van der Waals surface area (Å²) >= 11 is 0. The second-order valence-electron chi connectivity index (χ2n) is 12.5. The molecule has 1 N–H and O–H groups in total. The summed E-state index contributed by atoms with van der Waals surface area (Å²) in [4.78, 5) is 12.7. The molecular weight excluding hydrogens is 408 g/mol. The Labute approximate surface area is 200 Å². The summed E-state index contributed by atoms with van der Waals surface area (Å²) < 4.78 is 6.14. The van der Waals surface area contributed by atoms with Gasteiger partial charge in [0, 0.05) is 18.3 Å². The Balaban J connectivity index is 1.34.